The molecule has 0 amide bonds. The van der Waals surface area contributed by atoms with E-state index in [1.54, 1.807) is 48.4 Å². The Balaban J connectivity index is 0.000000506. The predicted molar refractivity (Wildman–Crippen MR) is 93.7 cm³/mol. The van der Waals surface area contributed by atoms with E-state index in [1.807, 2.05) is 0 Å². The molecule has 1 rings (SSSR count). The fourth-order valence-corrected chi connectivity index (χ4v) is 4.52. The molecule has 0 spiro atoms. The molecule has 1 aliphatic heterocycles. The Morgan fingerprint density at radius 3 is 1.75 bits per heavy atom. The van der Waals surface area contributed by atoms with Gasteiger partial charge < -0.3 is 36.0 Å². The third-order valence-corrected chi connectivity index (χ3v) is 8.55. The Hall–Kier alpha value is -0.146. The number of ether oxygens (including phenoxy) is 2. The van der Waals surface area contributed by atoms with E-state index in [2.05, 4.69) is 6.58 Å². The van der Waals surface area contributed by atoms with Gasteiger partial charge in [0.2, 0.25) is 0 Å². The SMILES string of the molecule is C=C[Si](OC)(OC)OC.CO[Si](CCCOCC1CO1)(OC)OC. The van der Waals surface area contributed by atoms with Crippen LogP contribution in [0.15, 0.2) is 12.3 Å². The van der Waals surface area contributed by atoms with Gasteiger partial charge in [0.1, 0.15) is 6.10 Å². The highest BCUT2D eigenvalue weighted by Gasteiger charge is 2.37. The fourth-order valence-electron chi connectivity index (χ4n) is 1.83. The van der Waals surface area contributed by atoms with Gasteiger partial charge in [-0.05, 0) is 12.1 Å². The minimum atomic E-state index is -2.43. The molecular formula is C14H32O8Si2. The molecule has 0 aromatic carbocycles. The van der Waals surface area contributed by atoms with E-state index in [1.165, 1.54) is 0 Å². The molecule has 0 saturated carbocycles. The molecule has 1 fully saturated rings. The Morgan fingerprint density at radius 2 is 1.46 bits per heavy atom. The highest BCUT2D eigenvalue weighted by atomic mass is 28.4. The molecule has 1 atom stereocenters. The number of rotatable bonds is 13. The summed E-state index contributed by atoms with van der Waals surface area (Å²) in [5.74, 6) is 0. The molecule has 0 aromatic rings. The van der Waals surface area contributed by atoms with Crippen LogP contribution in [0, 0.1) is 0 Å². The Labute approximate surface area is 147 Å². The molecule has 0 N–H and O–H groups in total. The Kier molecular flexibility index (Phi) is 13.0. The van der Waals surface area contributed by atoms with Crippen molar-refractivity contribution < 1.29 is 36.0 Å². The molecule has 0 aromatic heterocycles. The zero-order chi connectivity index (χ0) is 18.5. The second-order valence-corrected chi connectivity index (χ2v) is 10.8. The zero-order valence-electron chi connectivity index (χ0n) is 15.7. The lowest BCUT2D eigenvalue weighted by atomic mass is 10.5. The van der Waals surface area contributed by atoms with Gasteiger partial charge in [-0.2, -0.15) is 0 Å². The normalized spacial score (nSPS) is 17.2. The molecule has 0 aliphatic carbocycles. The van der Waals surface area contributed by atoms with Crippen LogP contribution in [0.1, 0.15) is 6.42 Å². The molecule has 8 nitrogen and oxygen atoms in total. The summed E-state index contributed by atoms with van der Waals surface area (Å²) in [6.45, 7) is 5.77. The van der Waals surface area contributed by atoms with Crippen LogP contribution < -0.4 is 0 Å². The quantitative estimate of drug-likeness (QED) is 0.267. The standard InChI is InChI=1S/C9H20O5Si.C5H12O3Si/c1-10-15(11-2,12-3)6-4-5-13-7-9-8-14-9;1-5-9(6-2,7-3)8-4/h9H,4-8H2,1-3H3;5H,1H2,2-4H3. The van der Waals surface area contributed by atoms with Gasteiger partial charge in [-0.3, -0.25) is 0 Å². The molecule has 0 bridgehead atoms. The van der Waals surface area contributed by atoms with Crippen molar-refractivity contribution in [2.24, 2.45) is 0 Å². The molecule has 10 heteroatoms. The van der Waals surface area contributed by atoms with E-state index < -0.39 is 17.6 Å². The summed E-state index contributed by atoms with van der Waals surface area (Å²) in [6, 6.07) is 0.780. The second-order valence-electron chi connectivity index (χ2n) is 4.85. The summed E-state index contributed by atoms with van der Waals surface area (Å²) in [7, 11) is 4.68. The summed E-state index contributed by atoms with van der Waals surface area (Å²) in [5, 5.41) is 0. The highest BCUT2D eigenvalue weighted by Crippen LogP contribution is 2.15. The fraction of sp³-hybridized carbons (Fsp3) is 0.857. The second kappa shape index (κ2) is 13.1. The van der Waals surface area contributed by atoms with Gasteiger partial charge in [-0.1, -0.05) is 6.58 Å². The lowest BCUT2D eigenvalue weighted by Crippen LogP contribution is -2.42. The topological polar surface area (TPSA) is 77.1 Å². The van der Waals surface area contributed by atoms with Crippen molar-refractivity contribution in [3.8, 4) is 0 Å². The minimum Gasteiger partial charge on any atom is -0.379 e. The van der Waals surface area contributed by atoms with Crippen molar-refractivity contribution >= 4 is 17.6 Å². The largest absolute Gasteiger partial charge is 0.528 e. The van der Waals surface area contributed by atoms with Crippen LogP contribution in [0.5, 0.6) is 0 Å². The van der Waals surface area contributed by atoms with E-state index in [4.69, 9.17) is 36.0 Å². The molecule has 24 heavy (non-hydrogen) atoms. The van der Waals surface area contributed by atoms with Crippen LogP contribution in [-0.4, -0.2) is 86.2 Å². The summed E-state index contributed by atoms with van der Waals surface area (Å²) < 4.78 is 41.2. The Morgan fingerprint density at radius 1 is 0.958 bits per heavy atom. The number of hydrogen-bond acceptors (Lipinski definition) is 8. The highest BCUT2D eigenvalue weighted by molar-refractivity contribution is 6.66. The van der Waals surface area contributed by atoms with Crippen molar-refractivity contribution in [3.05, 3.63) is 12.3 Å². The van der Waals surface area contributed by atoms with Crippen LogP contribution in [0.25, 0.3) is 0 Å². The molecule has 144 valence electrons. The van der Waals surface area contributed by atoms with Gasteiger partial charge in [-0.15, -0.1) is 0 Å². The average molecular weight is 385 g/mol. The van der Waals surface area contributed by atoms with Crippen LogP contribution >= 0.6 is 0 Å². The first kappa shape index (κ1) is 23.9. The molecule has 1 aliphatic rings. The molecule has 1 heterocycles. The predicted octanol–water partition coefficient (Wildman–Crippen LogP) is 1.26. The van der Waals surface area contributed by atoms with Gasteiger partial charge in [-0.25, -0.2) is 0 Å². The van der Waals surface area contributed by atoms with Crippen LogP contribution in [0.2, 0.25) is 6.04 Å². The summed E-state index contributed by atoms with van der Waals surface area (Å²) in [4.78, 5) is 0. The van der Waals surface area contributed by atoms with E-state index >= 15 is 0 Å². The monoisotopic (exact) mass is 384 g/mol. The molecule has 1 unspecified atom stereocenters. The maximum absolute atomic E-state index is 5.42. The first-order valence-electron chi connectivity index (χ1n) is 7.64. The molecule has 0 radical (unpaired) electrons. The summed E-state index contributed by atoms with van der Waals surface area (Å²) >= 11 is 0. The lowest BCUT2D eigenvalue weighted by Gasteiger charge is -2.24. The van der Waals surface area contributed by atoms with Crippen molar-refractivity contribution in [2.75, 3.05) is 62.5 Å². The summed E-state index contributed by atoms with van der Waals surface area (Å²) in [5.41, 5.74) is 1.58. The smallest absolute Gasteiger partial charge is 0.379 e. The van der Waals surface area contributed by atoms with E-state index in [9.17, 15) is 0 Å². The number of epoxide rings is 1. The van der Waals surface area contributed by atoms with Gasteiger partial charge in [0.05, 0.1) is 13.2 Å². The van der Waals surface area contributed by atoms with Crippen molar-refractivity contribution in [2.45, 2.75) is 18.6 Å². The first-order chi connectivity index (χ1) is 11.5. The van der Waals surface area contributed by atoms with E-state index in [0.29, 0.717) is 19.3 Å². The zero-order valence-corrected chi connectivity index (χ0v) is 17.7. The maximum Gasteiger partial charge on any atom is 0.528 e. The first-order valence-corrected chi connectivity index (χ1v) is 11.4. The van der Waals surface area contributed by atoms with Gasteiger partial charge >= 0.3 is 17.6 Å². The van der Waals surface area contributed by atoms with Gasteiger partial charge in [0, 0.05) is 55.3 Å². The van der Waals surface area contributed by atoms with Crippen LogP contribution in [0.4, 0.5) is 0 Å². The van der Waals surface area contributed by atoms with E-state index in [-0.39, 0.29) is 0 Å². The molecule has 1 saturated heterocycles. The third-order valence-electron chi connectivity index (χ3n) is 3.51. The van der Waals surface area contributed by atoms with Crippen molar-refractivity contribution in [1.29, 1.82) is 0 Å². The van der Waals surface area contributed by atoms with Crippen LogP contribution in [0.3, 0.4) is 0 Å². The minimum absolute atomic E-state index is 0.333. The van der Waals surface area contributed by atoms with Crippen molar-refractivity contribution in [1.82, 2.24) is 0 Å². The van der Waals surface area contributed by atoms with Gasteiger partial charge in [0.25, 0.3) is 0 Å². The third kappa shape index (κ3) is 8.80. The summed E-state index contributed by atoms with van der Waals surface area (Å²) in [6.07, 6.45) is 1.22. The van der Waals surface area contributed by atoms with Gasteiger partial charge in [0.15, 0.2) is 0 Å². The number of hydrogen-bond donors (Lipinski definition) is 0. The molecular weight excluding hydrogens is 352 g/mol. The van der Waals surface area contributed by atoms with E-state index in [0.717, 1.165) is 19.1 Å². The average Bonchev–Trinajstić information content (AvgIpc) is 3.46. The maximum atomic E-state index is 5.42. The van der Waals surface area contributed by atoms with Crippen molar-refractivity contribution in [3.63, 3.8) is 0 Å². The Bertz CT molecular complexity index is 303. The lowest BCUT2D eigenvalue weighted by molar-refractivity contribution is 0.100. The van der Waals surface area contributed by atoms with Crippen LogP contribution in [-0.2, 0) is 36.0 Å².